The van der Waals surface area contributed by atoms with Crippen LogP contribution in [0, 0.1) is 0 Å². The van der Waals surface area contributed by atoms with Gasteiger partial charge in [0.05, 0.1) is 11.0 Å². The summed E-state index contributed by atoms with van der Waals surface area (Å²) in [6.07, 6.45) is 0.576. The first-order chi connectivity index (χ1) is 14.0. The lowest BCUT2D eigenvalue weighted by molar-refractivity contribution is -0.137. The normalized spacial score (nSPS) is 15.7. The van der Waals surface area contributed by atoms with Gasteiger partial charge in [-0.1, -0.05) is 13.2 Å². The number of nitrogens with zero attached hydrogens (tertiary/aromatic N) is 3. The summed E-state index contributed by atoms with van der Waals surface area (Å²) in [4.78, 5) is 7.69. The van der Waals surface area contributed by atoms with Gasteiger partial charge in [-0.05, 0) is 18.2 Å². The van der Waals surface area contributed by atoms with Crippen molar-refractivity contribution >= 4 is 16.9 Å². The van der Waals surface area contributed by atoms with Gasteiger partial charge in [-0.2, -0.15) is 13.2 Å². The molecule has 2 aromatic rings. The van der Waals surface area contributed by atoms with Gasteiger partial charge in [-0.15, -0.1) is 0 Å². The van der Waals surface area contributed by atoms with Gasteiger partial charge in [0.15, 0.2) is 5.76 Å². The highest BCUT2D eigenvalue weighted by atomic mass is 32.2. The van der Waals surface area contributed by atoms with Crippen molar-refractivity contribution in [1.82, 2.24) is 14.3 Å². The number of anilines is 1. The zero-order valence-electron chi connectivity index (χ0n) is 16.0. The first-order valence-electron chi connectivity index (χ1n) is 8.71. The van der Waals surface area contributed by atoms with Crippen molar-refractivity contribution in [3.05, 3.63) is 65.9 Å². The van der Waals surface area contributed by atoms with E-state index in [-0.39, 0.29) is 23.2 Å². The molecule has 0 amide bonds. The third-order valence-electron chi connectivity index (χ3n) is 4.27. The van der Waals surface area contributed by atoms with Crippen LogP contribution in [0.25, 0.3) is 11.5 Å². The van der Waals surface area contributed by atoms with Gasteiger partial charge in [0.25, 0.3) is 0 Å². The highest BCUT2D eigenvalue weighted by Gasteiger charge is 2.37. The molecule has 0 spiro atoms. The van der Waals surface area contributed by atoms with Crippen molar-refractivity contribution in [2.45, 2.75) is 19.1 Å². The molecular formula is C19H19F3N4O3S. The molecule has 7 nitrogen and oxygen atoms in total. The number of nitrogens with one attached hydrogen (secondary N) is 1. The van der Waals surface area contributed by atoms with Crippen molar-refractivity contribution in [2.24, 2.45) is 0 Å². The quantitative estimate of drug-likeness (QED) is 0.522. The average Bonchev–Trinajstić information content (AvgIpc) is 3.08. The molecule has 0 aliphatic carbocycles. The number of aliphatic hydroxyl groups excluding tert-OH is 1. The minimum atomic E-state index is -4.69. The Morgan fingerprint density at radius 2 is 2.13 bits per heavy atom. The number of rotatable bonds is 6. The van der Waals surface area contributed by atoms with Crippen molar-refractivity contribution < 1.29 is 26.9 Å². The van der Waals surface area contributed by atoms with E-state index in [0.29, 0.717) is 37.0 Å². The molecule has 0 saturated heterocycles. The van der Waals surface area contributed by atoms with Crippen LogP contribution in [0.4, 0.5) is 19.1 Å². The summed E-state index contributed by atoms with van der Waals surface area (Å²) in [5, 5.41) is 11.7. The number of hydrogen-bond acceptors (Lipinski definition) is 6. The van der Waals surface area contributed by atoms with E-state index in [9.17, 15) is 17.4 Å². The molecule has 2 N–H and O–H groups in total. The number of furan rings is 1. The van der Waals surface area contributed by atoms with Crippen molar-refractivity contribution in [2.75, 3.05) is 18.1 Å². The summed E-state index contributed by atoms with van der Waals surface area (Å²) in [7, 11) is -1.19. The highest BCUT2D eigenvalue weighted by molar-refractivity contribution is 7.81. The summed E-state index contributed by atoms with van der Waals surface area (Å²) >= 11 is 0. The van der Waals surface area contributed by atoms with E-state index in [0.717, 1.165) is 0 Å². The Kier molecular flexibility index (Phi) is 6.13. The van der Waals surface area contributed by atoms with Gasteiger partial charge in [0.2, 0.25) is 5.95 Å². The van der Waals surface area contributed by atoms with Gasteiger partial charge in [0.1, 0.15) is 22.8 Å². The molecule has 1 atom stereocenters. The van der Waals surface area contributed by atoms with E-state index in [2.05, 4.69) is 28.4 Å². The number of alkyl halides is 3. The second-order valence-corrected chi connectivity index (χ2v) is 7.89. The lowest BCUT2D eigenvalue weighted by Crippen LogP contribution is -2.30. The Morgan fingerprint density at radius 3 is 2.77 bits per heavy atom. The molecule has 0 aromatic carbocycles. The Morgan fingerprint density at radius 1 is 1.40 bits per heavy atom. The third kappa shape index (κ3) is 4.97. The third-order valence-corrected chi connectivity index (χ3v) is 5.31. The zero-order valence-corrected chi connectivity index (χ0v) is 16.8. The van der Waals surface area contributed by atoms with Crippen LogP contribution < -0.4 is 5.32 Å². The summed E-state index contributed by atoms with van der Waals surface area (Å²) in [6.45, 7) is 7.74. The lowest BCUT2D eigenvalue weighted by atomic mass is 10.1. The second kappa shape index (κ2) is 8.44. The zero-order chi connectivity index (χ0) is 22.1. The monoisotopic (exact) mass is 440 g/mol. The average molecular weight is 440 g/mol. The van der Waals surface area contributed by atoms with Crippen molar-refractivity contribution in [3.63, 3.8) is 0 Å². The second-order valence-electron chi connectivity index (χ2n) is 6.52. The number of halogens is 3. The van der Waals surface area contributed by atoms with E-state index >= 15 is 0 Å². The Labute approximate surface area is 173 Å². The molecule has 0 fully saturated rings. The van der Waals surface area contributed by atoms with Crippen LogP contribution >= 0.6 is 0 Å². The SMILES string of the molecule is C=C(O)/C=C\C(=C)Nc1ncc(C(F)(F)F)c(-c2cc3c(o2)CCN(S(C)=O)C3)n1. The summed E-state index contributed by atoms with van der Waals surface area (Å²) < 4.78 is 59.7. The van der Waals surface area contributed by atoms with Gasteiger partial charge >= 0.3 is 6.18 Å². The molecular weight excluding hydrogens is 421 g/mol. The number of allylic oxidation sites excluding steroid dienone is 2. The van der Waals surface area contributed by atoms with E-state index in [1.54, 1.807) is 10.6 Å². The molecule has 11 heteroatoms. The molecule has 0 radical (unpaired) electrons. The molecule has 30 heavy (non-hydrogen) atoms. The van der Waals surface area contributed by atoms with E-state index in [1.807, 2.05) is 0 Å². The van der Waals surface area contributed by atoms with Crippen LogP contribution in [0.2, 0.25) is 0 Å². The predicted molar refractivity (Wildman–Crippen MR) is 107 cm³/mol. The Bertz CT molecular complexity index is 1050. The maximum absolute atomic E-state index is 13.5. The molecule has 1 unspecified atom stereocenters. The number of aromatic nitrogens is 2. The highest BCUT2D eigenvalue weighted by Crippen LogP contribution is 2.38. The fraction of sp³-hybridized carbons (Fsp3) is 0.263. The van der Waals surface area contributed by atoms with Crippen LogP contribution in [-0.2, 0) is 30.1 Å². The molecule has 2 aromatic heterocycles. The van der Waals surface area contributed by atoms with E-state index < -0.39 is 28.4 Å². The minimum absolute atomic E-state index is 0.0496. The molecule has 3 rings (SSSR count). The minimum Gasteiger partial charge on any atom is -0.509 e. The predicted octanol–water partition coefficient (Wildman–Crippen LogP) is 3.96. The smallest absolute Gasteiger partial charge is 0.420 e. The van der Waals surface area contributed by atoms with Gasteiger partial charge < -0.3 is 14.8 Å². The summed E-state index contributed by atoms with van der Waals surface area (Å²) in [6, 6.07) is 1.49. The van der Waals surface area contributed by atoms with Crippen LogP contribution in [-0.4, -0.2) is 36.4 Å². The Hall–Kier alpha value is -2.92. The molecule has 1 aliphatic heterocycles. The summed E-state index contributed by atoms with van der Waals surface area (Å²) in [5.41, 5.74) is -0.556. The van der Waals surface area contributed by atoms with E-state index in [1.165, 1.54) is 18.2 Å². The van der Waals surface area contributed by atoms with Crippen LogP contribution in [0.3, 0.4) is 0 Å². The largest absolute Gasteiger partial charge is 0.509 e. The van der Waals surface area contributed by atoms with Gasteiger partial charge in [-0.25, -0.2) is 18.5 Å². The van der Waals surface area contributed by atoms with Crippen LogP contribution in [0.15, 0.2) is 53.4 Å². The first-order valence-corrected chi connectivity index (χ1v) is 10.2. The molecule has 0 bridgehead atoms. The van der Waals surface area contributed by atoms with Crippen molar-refractivity contribution in [1.29, 1.82) is 0 Å². The maximum atomic E-state index is 13.5. The number of aliphatic hydroxyl groups is 1. The fourth-order valence-electron chi connectivity index (χ4n) is 2.86. The fourth-order valence-corrected chi connectivity index (χ4v) is 3.53. The van der Waals surface area contributed by atoms with Crippen molar-refractivity contribution in [3.8, 4) is 11.5 Å². The standard InChI is InChI=1S/C19H19F3N4O3S/c1-11(4-5-12(2)27)24-18-23-9-14(19(20,21)22)17(25-18)16-8-13-10-26(30(3)28)7-6-15(13)29-16/h4-5,8-9,27H,1-2,6-7,10H2,3H3,(H,23,24,25)/b5-4-. The van der Waals surface area contributed by atoms with Gasteiger partial charge in [-0.3, -0.25) is 0 Å². The molecule has 3 heterocycles. The number of hydrogen-bond donors (Lipinski definition) is 2. The number of fused-ring (bicyclic) bond motifs is 1. The van der Waals surface area contributed by atoms with Crippen LogP contribution in [0.1, 0.15) is 16.9 Å². The van der Waals surface area contributed by atoms with Gasteiger partial charge in [0, 0.05) is 43.2 Å². The molecule has 0 saturated carbocycles. The summed E-state index contributed by atoms with van der Waals surface area (Å²) in [5.74, 6) is 0.158. The van der Waals surface area contributed by atoms with Crippen LogP contribution in [0.5, 0.6) is 0 Å². The Balaban J connectivity index is 1.97. The van der Waals surface area contributed by atoms with E-state index in [4.69, 9.17) is 9.52 Å². The molecule has 160 valence electrons. The first kappa shape index (κ1) is 21.8. The maximum Gasteiger partial charge on any atom is 0.420 e. The molecule has 1 aliphatic rings. The lowest BCUT2D eigenvalue weighted by Gasteiger charge is -2.22. The topological polar surface area (TPSA) is 91.5 Å².